The molecular weight excluding hydrogens is 278 g/mol. The van der Waals surface area contributed by atoms with Crippen molar-refractivity contribution in [3.8, 4) is 0 Å². The molecule has 0 bridgehead atoms. The Morgan fingerprint density at radius 1 is 1.09 bits per heavy atom. The maximum absolute atomic E-state index is 12.6. The molecule has 4 nitrogen and oxygen atoms in total. The minimum absolute atomic E-state index is 0.135. The minimum Gasteiger partial charge on any atom is -0.349 e. The molecule has 0 saturated heterocycles. The van der Waals surface area contributed by atoms with Crippen LogP contribution >= 0.6 is 0 Å². The van der Waals surface area contributed by atoms with E-state index in [1.807, 2.05) is 25.1 Å². The van der Waals surface area contributed by atoms with E-state index < -0.39 is 6.23 Å². The molecule has 0 amide bonds. The van der Waals surface area contributed by atoms with E-state index in [2.05, 4.69) is 5.18 Å². The monoisotopic (exact) mass is 297 g/mol. The molecule has 0 N–H and O–H groups in total. The third-order valence-corrected chi connectivity index (χ3v) is 3.38. The molecule has 0 aliphatic carbocycles. The molecule has 1 atom stereocenters. The van der Waals surface area contributed by atoms with Crippen LogP contribution in [0.25, 0.3) is 0 Å². The highest BCUT2D eigenvalue weighted by Crippen LogP contribution is 2.25. The van der Waals surface area contributed by atoms with Crippen LogP contribution in [0.2, 0.25) is 0 Å². The van der Waals surface area contributed by atoms with Gasteiger partial charge in [0.15, 0.2) is 5.78 Å². The molecule has 4 heteroatoms. The van der Waals surface area contributed by atoms with Crippen LogP contribution < -0.4 is 0 Å². The summed E-state index contributed by atoms with van der Waals surface area (Å²) in [5.74, 6) is -0.135. The molecule has 2 aromatic carbocycles. The second-order valence-electron chi connectivity index (χ2n) is 4.96. The Labute approximate surface area is 130 Å². The van der Waals surface area contributed by atoms with Gasteiger partial charge in [0.25, 0.3) is 0 Å². The van der Waals surface area contributed by atoms with Crippen molar-refractivity contribution in [2.45, 2.75) is 26.0 Å². The predicted molar refractivity (Wildman–Crippen MR) is 85.7 cm³/mol. The zero-order valence-corrected chi connectivity index (χ0v) is 12.6. The standard InChI is InChI=1S/C18H19NO3/c1-2-3-13-22-18(19-21)16-12-8-7-11-15(16)17(20)14-9-5-4-6-10-14/h4-12,18H,2-3,13H2,1H3. The summed E-state index contributed by atoms with van der Waals surface area (Å²) < 4.78 is 5.51. The summed E-state index contributed by atoms with van der Waals surface area (Å²) in [5, 5.41) is 3.04. The molecular formula is C18H19NO3. The number of nitroso groups, excluding NO2 is 1. The van der Waals surface area contributed by atoms with Gasteiger partial charge in [-0.1, -0.05) is 67.9 Å². The van der Waals surface area contributed by atoms with Gasteiger partial charge in [-0.05, 0) is 11.6 Å². The largest absolute Gasteiger partial charge is 0.349 e. The lowest BCUT2D eigenvalue weighted by Gasteiger charge is -2.14. The van der Waals surface area contributed by atoms with Crippen LogP contribution in [0.1, 0.15) is 47.5 Å². The Kier molecular flexibility index (Phi) is 5.98. The number of carbonyl (C=O) groups excluding carboxylic acids is 1. The van der Waals surface area contributed by atoms with E-state index in [9.17, 15) is 9.70 Å². The predicted octanol–water partition coefficient (Wildman–Crippen LogP) is 4.50. The van der Waals surface area contributed by atoms with Crippen LogP contribution in [0.15, 0.2) is 59.8 Å². The van der Waals surface area contributed by atoms with Gasteiger partial charge in [-0.15, -0.1) is 4.91 Å². The summed E-state index contributed by atoms with van der Waals surface area (Å²) in [5.41, 5.74) is 1.55. The van der Waals surface area contributed by atoms with E-state index in [0.717, 1.165) is 12.8 Å². The number of benzene rings is 2. The maximum Gasteiger partial charge on any atom is 0.216 e. The molecule has 0 fully saturated rings. The van der Waals surface area contributed by atoms with Crippen LogP contribution in [-0.4, -0.2) is 12.4 Å². The lowest BCUT2D eigenvalue weighted by atomic mass is 9.97. The second kappa shape index (κ2) is 8.20. The van der Waals surface area contributed by atoms with Crippen LogP contribution in [0.4, 0.5) is 0 Å². The van der Waals surface area contributed by atoms with E-state index in [1.165, 1.54) is 0 Å². The van der Waals surface area contributed by atoms with Crippen molar-refractivity contribution >= 4 is 5.78 Å². The Balaban J connectivity index is 2.29. The summed E-state index contributed by atoms with van der Waals surface area (Å²) >= 11 is 0. The minimum atomic E-state index is -0.949. The van der Waals surface area contributed by atoms with Crippen LogP contribution in [0, 0.1) is 4.91 Å². The number of nitrogens with zero attached hydrogens (tertiary/aromatic N) is 1. The van der Waals surface area contributed by atoms with Gasteiger partial charge in [-0.3, -0.25) is 4.79 Å². The van der Waals surface area contributed by atoms with Crippen molar-refractivity contribution < 1.29 is 9.53 Å². The van der Waals surface area contributed by atoms with Crippen LogP contribution in [-0.2, 0) is 4.74 Å². The number of carbonyl (C=O) groups is 1. The highest BCUT2D eigenvalue weighted by molar-refractivity contribution is 6.09. The van der Waals surface area contributed by atoms with Crippen molar-refractivity contribution in [3.63, 3.8) is 0 Å². The number of ketones is 1. The molecule has 0 saturated carbocycles. The Bertz CT molecular complexity index is 625. The van der Waals surface area contributed by atoms with Gasteiger partial charge >= 0.3 is 0 Å². The molecule has 0 aliphatic heterocycles. The van der Waals surface area contributed by atoms with Gasteiger partial charge < -0.3 is 4.74 Å². The van der Waals surface area contributed by atoms with E-state index >= 15 is 0 Å². The number of hydrogen-bond donors (Lipinski definition) is 0. The highest BCUT2D eigenvalue weighted by Gasteiger charge is 2.20. The first kappa shape index (κ1) is 16.0. The topological polar surface area (TPSA) is 55.7 Å². The molecule has 0 radical (unpaired) electrons. The van der Waals surface area contributed by atoms with Crippen molar-refractivity contribution in [1.82, 2.24) is 0 Å². The number of ether oxygens (including phenoxy) is 1. The summed E-state index contributed by atoms with van der Waals surface area (Å²) in [6, 6.07) is 15.9. The normalized spacial score (nSPS) is 11.9. The molecule has 22 heavy (non-hydrogen) atoms. The molecule has 2 rings (SSSR count). The average Bonchev–Trinajstić information content (AvgIpc) is 2.59. The van der Waals surface area contributed by atoms with Crippen LogP contribution in [0.3, 0.4) is 0 Å². The lowest BCUT2D eigenvalue weighted by molar-refractivity contribution is 0.0549. The Morgan fingerprint density at radius 3 is 2.45 bits per heavy atom. The quantitative estimate of drug-likeness (QED) is 0.409. The average molecular weight is 297 g/mol. The van der Waals surface area contributed by atoms with Crippen LogP contribution in [0.5, 0.6) is 0 Å². The molecule has 114 valence electrons. The summed E-state index contributed by atoms with van der Waals surface area (Å²) in [6.45, 7) is 2.49. The summed E-state index contributed by atoms with van der Waals surface area (Å²) in [6.07, 6.45) is 0.868. The molecule has 0 aliphatic rings. The Hall–Kier alpha value is -2.33. The fraction of sp³-hybridized carbons (Fsp3) is 0.278. The summed E-state index contributed by atoms with van der Waals surface area (Å²) in [4.78, 5) is 23.7. The van der Waals surface area contributed by atoms with Crippen molar-refractivity contribution in [2.75, 3.05) is 6.61 Å². The summed E-state index contributed by atoms with van der Waals surface area (Å²) in [7, 11) is 0. The Morgan fingerprint density at radius 2 is 1.77 bits per heavy atom. The number of rotatable bonds is 8. The van der Waals surface area contributed by atoms with Gasteiger partial charge in [-0.25, -0.2) is 0 Å². The molecule has 0 spiro atoms. The van der Waals surface area contributed by atoms with Gasteiger partial charge in [0.2, 0.25) is 6.23 Å². The smallest absolute Gasteiger partial charge is 0.216 e. The van der Waals surface area contributed by atoms with E-state index in [0.29, 0.717) is 23.3 Å². The zero-order valence-electron chi connectivity index (χ0n) is 12.6. The molecule has 0 aromatic heterocycles. The first-order chi connectivity index (χ1) is 10.8. The third-order valence-electron chi connectivity index (χ3n) is 3.38. The highest BCUT2D eigenvalue weighted by atomic mass is 16.5. The SMILES string of the molecule is CCCCOC(N=O)c1ccccc1C(=O)c1ccccc1. The zero-order chi connectivity index (χ0) is 15.8. The van der Waals surface area contributed by atoms with Crippen molar-refractivity contribution in [2.24, 2.45) is 5.18 Å². The number of hydrogen-bond acceptors (Lipinski definition) is 4. The first-order valence-electron chi connectivity index (χ1n) is 7.40. The lowest BCUT2D eigenvalue weighted by Crippen LogP contribution is -2.10. The van der Waals surface area contributed by atoms with E-state index in [1.54, 1.807) is 36.4 Å². The molecule has 1 unspecified atom stereocenters. The van der Waals surface area contributed by atoms with Crippen molar-refractivity contribution in [3.05, 3.63) is 76.2 Å². The third kappa shape index (κ3) is 3.86. The van der Waals surface area contributed by atoms with E-state index in [4.69, 9.17) is 4.74 Å². The number of unbranched alkanes of at least 4 members (excludes halogenated alkanes) is 1. The fourth-order valence-electron chi connectivity index (χ4n) is 2.18. The molecule has 2 aromatic rings. The second-order valence-corrected chi connectivity index (χ2v) is 4.96. The fourth-order valence-corrected chi connectivity index (χ4v) is 2.18. The van der Waals surface area contributed by atoms with Crippen molar-refractivity contribution in [1.29, 1.82) is 0 Å². The van der Waals surface area contributed by atoms with E-state index in [-0.39, 0.29) is 5.78 Å². The van der Waals surface area contributed by atoms with Gasteiger partial charge in [0.05, 0.1) is 0 Å². The van der Waals surface area contributed by atoms with Gasteiger partial charge in [0, 0.05) is 23.3 Å². The maximum atomic E-state index is 12.6. The van der Waals surface area contributed by atoms with Gasteiger partial charge in [-0.2, -0.15) is 0 Å². The molecule has 0 heterocycles. The first-order valence-corrected chi connectivity index (χ1v) is 7.40. The van der Waals surface area contributed by atoms with Gasteiger partial charge in [0.1, 0.15) is 0 Å².